The van der Waals surface area contributed by atoms with Crippen molar-refractivity contribution in [2.24, 2.45) is 0 Å². The fourth-order valence-electron chi connectivity index (χ4n) is 3.49. The van der Waals surface area contributed by atoms with Crippen LogP contribution in [0.5, 0.6) is 0 Å². The summed E-state index contributed by atoms with van der Waals surface area (Å²) >= 11 is 0. The Bertz CT molecular complexity index is 614. The number of sulfonamides is 1. The average molecular weight is 324 g/mol. The van der Waals surface area contributed by atoms with Gasteiger partial charge in [0.25, 0.3) is 0 Å². The van der Waals surface area contributed by atoms with Crippen LogP contribution < -0.4 is 4.90 Å². The molecule has 2 fully saturated rings. The number of hydrogen-bond donors (Lipinski definition) is 0. The fourth-order valence-corrected chi connectivity index (χ4v) is 4.70. The van der Waals surface area contributed by atoms with E-state index in [1.54, 1.807) is 10.6 Å². The van der Waals surface area contributed by atoms with Crippen LogP contribution in [-0.2, 0) is 16.4 Å². The van der Waals surface area contributed by atoms with Crippen molar-refractivity contribution < 1.29 is 8.42 Å². The topological polar surface area (TPSA) is 66.4 Å². The third-order valence-corrected chi connectivity index (χ3v) is 5.95. The van der Waals surface area contributed by atoms with E-state index in [1.165, 1.54) is 19.1 Å². The van der Waals surface area contributed by atoms with Crippen molar-refractivity contribution in [3.63, 3.8) is 0 Å². The molecule has 1 aromatic rings. The zero-order valence-corrected chi connectivity index (χ0v) is 13.9. The number of anilines is 1. The second kappa shape index (κ2) is 6.50. The van der Waals surface area contributed by atoms with E-state index < -0.39 is 10.0 Å². The first kappa shape index (κ1) is 15.7. The van der Waals surface area contributed by atoms with Gasteiger partial charge >= 0.3 is 0 Å². The van der Waals surface area contributed by atoms with E-state index in [0.717, 1.165) is 50.3 Å². The molecule has 1 aromatic heterocycles. The van der Waals surface area contributed by atoms with E-state index in [1.807, 2.05) is 0 Å². The second-order valence-electron chi connectivity index (χ2n) is 6.27. The van der Waals surface area contributed by atoms with Gasteiger partial charge in [-0.25, -0.2) is 18.4 Å². The molecule has 1 unspecified atom stereocenters. The lowest BCUT2D eigenvalue weighted by Gasteiger charge is -2.22. The quantitative estimate of drug-likeness (QED) is 0.820. The summed E-state index contributed by atoms with van der Waals surface area (Å²) in [5.74, 6) is 1.01. The third kappa shape index (κ3) is 3.57. The highest BCUT2D eigenvalue weighted by atomic mass is 32.2. The van der Waals surface area contributed by atoms with Gasteiger partial charge in [-0.2, -0.15) is 4.31 Å². The summed E-state index contributed by atoms with van der Waals surface area (Å²) in [6.07, 6.45) is 8.95. The first-order chi connectivity index (χ1) is 10.5. The standard InChI is InChI=1S/C15H24N4O2S/c1-22(20,21)19-10-4-5-14(19)7-6-13-11-15(17-12-16-13)18-8-2-3-9-18/h11-12,14H,2-10H2,1H3. The van der Waals surface area contributed by atoms with E-state index in [2.05, 4.69) is 20.9 Å². The molecule has 2 aliphatic heterocycles. The zero-order valence-electron chi connectivity index (χ0n) is 13.1. The molecule has 0 aromatic carbocycles. The molecule has 0 radical (unpaired) electrons. The lowest BCUT2D eigenvalue weighted by molar-refractivity contribution is 0.372. The second-order valence-corrected chi connectivity index (χ2v) is 8.21. The van der Waals surface area contributed by atoms with Crippen molar-refractivity contribution in [1.82, 2.24) is 14.3 Å². The largest absolute Gasteiger partial charge is 0.357 e. The van der Waals surface area contributed by atoms with Gasteiger partial charge in [0, 0.05) is 37.4 Å². The Hall–Kier alpha value is -1.21. The fraction of sp³-hybridized carbons (Fsp3) is 0.733. The number of rotatable bonds is 5. The van der Waals surface area contributed by atoms with Crippen molar-refractivity contribution in [1.29, 1.82) is 0 Å². The summed E-state index contributed by atoms with van der Waals surface area (Å²) in [4.78, 5) is 11.0. The maximum absolute atomic E-state index is 11.8. The lowest BCUT2D eigenvalue weighted by atomic mass is 10.1. The Labute approximate surface area is 132 Å². The van der Waals surface area contributed by atoms with Crippen LogP contribution >= 0.6 is 0 Å². The Morgan fingerprint density at radius 1 is 1.18 bits per heavy atom. The van der Waals surface area contributed by atoms with Gasteiger partial charge in [-0.05, 0) is 38.5 Å². The maximum atomic E-state index is 11.8. The predicted octanol–water partition coefficient (Wildman–Crippen LogP) is 1.43. The Balaban J connectivity index is 1.63. The van der Waals surface area contributed by atoms with E-state index in [0.29, 0.717) is 6.54 Å². The van der Waals surface area contributed by atoms with Crippen LogP contribution in [0.25, 0.3) is 0 Å². The molecule has 0 amide bonds. The van der Waals surface area contributed by atoms with E-state index in [4.69, 9.17) is 0 Å². The molecule has 7 heteroatoms. The predicted molar refractivity (Wildman–Crippen MR) is 86.4 cm³/mol. The van der Waals surface area contributed by atoms with Crippen LogP contribution in [0.15, 0.2) is 12.4 Å². The maximum Gasteiger partial charge on any atom is 0.211 e. The van der Waals surface area contributed by atoms with E-state index in [9.17, 15) is 8.42 Å². The van der Waals surface area contributed by atoms with Crippen molar-refractivity contribution in [3.05, 3.63) is 18.1 Å². The normalized spacial score (nSPS) is 23.3. The monoisotopic (exact) mass is 324 g/mol. The van der Waals surface area contributed by atoms with Crippen LogP contribution in [0.3, 0.4) is 0 Å². The summed E-state index contributed by atoms with van der Waals surface area (Å²) in [6, 6.07) is 2.19. The molecule has 122 valence electrons. The molecule has 0 saturated carbocycles. The highest BCUT2D eigenvalue weighted by Gasteiger charge is 2.30. The molecule has 22 heavy (non-hydrogen) atoms. The Morgan fingerprint density at radius 2 is 1.95 bits per heavy atom. The minimum atomic E-state index is -3.08. The van der Waals surface area contributed by atoms with Crippen LogP contribution in [0.4, 0.5) is 5.82 Å². The van der Waals surface area contributed by atoms with E-state index in [-0.39, 0.29) is 6.04 Å². The summed E-state index contributed by atoms with van der Waals surface area (Å²) < 4.78 is 25.2. The molecule has 3 heterocycles. The SMILES string of the molecule is CS(=O)(=O)N1CCCC1CCc1cc(N2CCCC2)ncn1. The lowest BCUT2D eigenvalue weighted by Crippen LogP contribution is -2.34. The first-order valence-electron chi connectivity index (χ1n) is 8.07. The van der Waals surface area contributed by atoms with Gasteiger partial charge in [0.15, 0.2) is 0 Å². The number of nitrogens with zero attached hydrogens (tertiary/aromatic N) is 4. The molecule has 0 spiro atoms. The zero-order chi connectivity index (χ0) is 15.6. The van der Waals surface area contributed by atoms with Crippen LogP contribution in [-0.4, -0.2) is 54.6 Å². The minimum Gasteiger partial charge on any atom is -0.357 e. The van der Waals surface area contributed by atoms with Crippen molar-refractivity contribution in [2.45, 2.75) is 44.6 Å². The van der Waals surface area contributed by atoms with Crippen molar-refractivity contribution in [2.75, 3.05) is 30.8 Å². The summed E-state index contributed by atoms with van der Waals surface area (Å²) in [5.41, 5.74) is 1.01. The minimum absolute atomic E-state index is 0.125. The third-order valence-electron chi connectivity index (χ3n) is 4.62. The van der Waals surface area contributed by atoms with Gasteiger partial charge in [0.2, 0.25) is 10.0 Å². The Kier molecular flexibility index (Phi) is 4.63. The van der Waals surface area contributed by atoms with Crippen molar-refractivity contribution >= 4 is 15.8 Å². The Morgan fingerprint density at radius 3 is 2.68 bits per heavy atom. The summed E-state index contributed by atoms with van der Waals surface area (Å²) in [6.45, 7) is 2.80. The highest BCUT2D eigenvalue weighted by Crippen LogP contribution is 2.24. The number of hydrogen-bond acceptors (Lipinski definition) is 5. The first-order valence-corrected chi connectivity index (χ1v) is 9.91. The number of aromatic nitrogens is 2. The van der Waals surface area contributed by atoms with E-state index >= 15 is 0 Å². The molecule has 6 nitrogen and oxygen atoms in total. The smallest absolute Gasteiger partial charge is 0.211 e. The molecule has 2 aliphatic rings. The summed E-state index contributed by atoms with van der Waals surface area (Å²) in [5, 5.41) is 0. The highest BCUT2D eigenvalue weighted by molar-refractivity contribution is 7.88. The summed E-state index contributed by atoms with van der Waals surface area (Å²) in [7, 11) is -3.08. The average Bonchev–Trinajstić information content (AvgIpc) is 3.16. The van der Waals surface area contributed by atoms with Gasteiger partial charge in [-0.3, -0.25) is 0 Å². The van der Waals surface area contributed by atoms with Crippen molar-refractivity contribution in [3.8, 4) is 0 Å². The van der Waals surface area contributed by atoms with Gasteiger partial charge in [0.05, 0.1) is 6.26 Å². The van der Waals surface area contributed by atoms with Gasteiger partial charge in [0.1, 0.15) is 12.1 Å². The van der Waals surface area contributed by atoms with Crippen LogP contribution in [0.2, 0.25) is 0 Å². The van der Waals surface area contributed by atoms with Gasteiger partial charge in [-0.1, -0.05) is 0 Å². The molecule has 3 rings (SSSR count). The molecular weight excluding hydrogens is 300 g/mol. The van der Waals surface area contributed by atoms with Gasteiger partial charge < -0.3 is 4.90 Å². The molecule has 1 atom stereocenters. The molecule has 0 N–H and O–H groups in total. The molecule has 2 saturated heterocycles. The van der Waals surface area contributed by atoms with Crippen LogP contribution in [0.1, 0.15) is 37.8 Å². The molecule has 0 aliphatic carbocycles. The molecular formula is C15H24N4O2S. The van der Waals surface area contributed by atoms with Gasteiger partial charge in [-0.15, -0.1) is 0 Å². The van der Waals surface area contributed by atoms with Crippen LogP contribution in [0, 0.1) is 0 Å². The number of aryl methyl sites for hydroxylation is 1. The molecule has 0 bridgehead atoms.